The highest BCUT2D eigenvalue weighted by molar-refractivity contribution is 6.30. The summed E-state index contributed by atoms with van der Waals surface area (Å²) in [7, 11) is 4.02. The van der Waals surface area contributed by atoms with Crippen molar-refractivity contribution in [1.82, 2.24) is 0 Å². The van der Waals surface area contributed by atoms with Gasteiger partial charge in [-0.1, -0.05) is 17.7 Å². The van der Waals surface area contributed by atoms with E-state index in [2.05, 4.69) is 4.90 Å². The smallest absolute Gasteiger partial charge is 0.0426 e. The molecular weight excluding hydrogens is 196 g/mol. The average Bonchev–Trinajstić information content (AvgIpc) is 2.07. The molecule has 1 aromatic rings. The van der Waals surface area contributed by atoms with Crippen LogP contribution in [0.2, 0.25) is 5.02 Å². The minimum Gasteiger partial charge on any atom is -0.377 e. The molecule has 0 radical (unpaired) electrons. The van der Waals surface area contributed by atoms with Crippen LogP contribution in [-0.4, -0.2) is 20.1 Å². The molecule has 1 aromatic carbocycles. The molecule has 0 saturated heterocycles. The number of nitrogens with zero attached hydrogens (tertiary/aromatic N) is 1. The lowest BCUT2D eigenvalue weighted by atomic mass is 10.1. The first kappa shape index (κ1) is 11.3. The molecule has 0 aliphatic rings. The Labute approximate surface area is 90.7 Å². The van der Waals surface area contributed by atoms with E-state index in [4.69, 9.17) is 17.3 Å². The van der Waals surface area contributed by atoms with E-state index < -0.39 is 0 Å². The van der Waals surface area contributed by atoms with Gasteiger partial charge in [-0.2, -0.15) is 0 Å². The van der Waals surface area contributed by atoms with Crippen molar-refractivity contribution in [2.75, 3.05) is 19.0 Å². The lowest BCUT2D eigenvalue weighted by Gasteiger charge is -2.18. The molecule has 0 spiro atoms. The number of hydrogen-bond donors (Lipinski definition) is 1. The average molecular weight is 213 g/mol. The first-order valence-corrected chi connectivity index (χ1v) is 5.10. The van der Waals surface area contributed by atoms with E-state index in [9.17, 15) is 0 Å². The topological polar surface area (TPSA) is 29.3 Å². The van der Waals surface area contributed by atoms with Gasteiger partial charge >= 0.3 is 0 Å². The van der Waals surface area contributed by atoms with Crippen molar-refractivity contribution in [3.8, 4) is 0 Å². The molecule has 1 atom stereocenters. The zero-order valence-electron chi connectivity index (χ0n) is 8.92. The molecule has 0 bridgehead atoms. The van der Waals surface area contributed by atoms with Crippen molar-refractivity contribution in [1.29, 1.82) is 0 Å². The van der Waals surface area contributed by atoms with Gasteiger partial charge in [0.25, 0.3) is 0 Å². The Kier molecular flexibility index (Phi) is 3.78. The lowest BCUT2D eigenvalue weighted by molar-refractivity contribution is 0.737. The largest absolute Gasteiger partial charge is 0.377 e. The van der Waals surface area contributed by atoms with Gasteiger partial charge in [0.05, 0.1) is 0 Å². The van der Waals surface area contributed by atoms with Gasteiger partial charge in [-0.3, -0.25) is 0 Å². The van der Waals surface area contributed by atoms with Gasteiger partial charge in [0.1, 0.15) is 0 Å². The van der Waals surface area contributed by atoms with Crippen molar-refractivity contribution in [2.45, 2.75) is 19.4 Å². The number of nitrogens with two attached hydrogens (primary N) is 1. The summed E-state index contributed by atoms with van der Waals surface area (Å²) < 4.78 is 0. The highest BCUT2D eigenvalue weighted by Gasteiger charge is 2.07. The van der Waals surface area contributed by atoms with E-state index in [1.54, 1.807) is 0 Å². The van der Waals surface area contributed by atoms with Crippen LogP contribution in [0.1, 0.15) is 12.5 Å². The van der Waals surface area contributed by atoms with Crippen LogP contribution >= 0.6 is 11.6 Å². The van der Waals surface area contributed by atoms with E-state index in [0.29, 0.717) is 0 Å². The van der Waals surface area contributed by atoms with Gasteiger partial charge in [0.15, 0.2) is 0 Å². The van der Waals surface area contributed by atoms with Crippen molar-refractivity contribution in [3.63, 3.8) is 0 Å². The van der Waals surface area contributed by atoms with Crippen molar-refractivity contribution in [3.05, 3.63) is 28.8 Å². The van der Waals surface area contributed by atoms with Crippen molar-refractivity contribution >= 4 is 17.3 Å². The van der Waals surface area contributed by atoms with Gasteiger partial charge in [-0.25, -0.2) is 0 Å². The van der Waals surface area contributed by atoms with Crippen LogP contribution in [0.5, 0.6) is 0 Å². The zero-order chi connectivity index (χ0) is 10.7. The van der Waals surface area contributed by atoms with Crippen molar-refractivity contribution in [2.24, 2.45) is 5.73 Å². The van der Waals surface area contributed by atoms with Crippen LogP contribution in [0.15, 0.2) is 18.2 Å². The summed E-state index contributed by atoms with van der Waals surface area (Å²) in [6, 6.07) is 6.10. The second kappa shape index (κ2) is 4.67. The number of anilines is 1. The standard InChI is InChI=1S/C11H17ClN2/c1-8(13)6-9-4-5-10(12)7-11(9)14(2)3/h4-5,7-8H,6,13H2,1-3H3. The molecule has 0 aromatic heterocycles. The maximum atomic E-state index is 5.94. The molecule has 3 heteroatoms. The first-order valence-electron chi connectivity index (χ1n) is 4.72. The molecule has 78 valence electrons. The maximum Gasteiger partial charge on any atom is 0.0426 e. The SMILES string of the molecule is CC(N)Cc1ccc(Cl)cc1N(C)C. The lowest BCUT2D eigenvalue weighted by Crippen LogP contribution is -2.20. The van der Waals surface area contributed by atoms with Crippen LogP contribution in [0.4, 0.5) is 5.69 Å². The highest BCUT2D eigenvalue weighted by atomic mass is 35.5. The third kappa shape index (κ3) is 2.89. The molecule has 0 aliphatic heterocycles. The quantitative estimate of drug-likeness (QED) is 0.833. The van der Waals surface area contributed by atoms with Gasteiger partial charge in [0.2, 0.25) is 0 Å². The molecule has 14 heavy (non-hydrogen) atoms. The molecule has 0 amide bonds. The molecule has 0 saturated carbocycles. The number of rotatable bonds is 3. The summed E-state index contributed by atoms with van der Waals surface area (Å²) in [5.74, 6) is 0. The number of benzene rings is 1. The van der Waals surface area contributed by atoms with Crippen molar-refractivity contribution < 1.29 is 0 Å². The fourth-order valence-electron chi connectivity index (χ4n) is 1.47. The van der Waals surface area contributed by atoms with E-state index in [0.717, 1.165) is 17.1 Å². The molecule has 1 unspecified atom stereocenters. The minimum absolute atomic E-state index is 0.176. The Bertz CT molecular complexity index is 308. The summed E-state index contributed by atoms with van der Waals surface area (Å²) >= 11 is 5.94. The first-order chi connectivity index (χ1) is 6.50. The molecule has 0 aliphatic carbocycles. The Morgan fingerprint density at radius 2 is 2.07 bits per heavy atom. The van der Waals surface area contributed by atoms with E-state index in [1.165, 1.54) is 5.56 Å². The highest BCUT2D eigenvalue weighted by Crippen LogP contribution is 2.24. The summed E-state index contributed by atoms with van der Waals surface area (Å²) in [6.07, 6.45) is 0.880. The normalized spacial score (nSPS) is 12.6. The third-order valence-electron chi connectivity index (χ3n) is 2.07. The summed E-state index contributed by atoms with van der Waals surface area (Å²) in [5, 5.41) is 0.766. The van der Waals surface area contributed by atoms with Gasteiger partial charge in [-0.15, -0.1) is 0 Å². The predicted octanol–water partition coefficient (Wildman–Crippen LogP) is 2.30. The summed E-state index contributed by atoms with van der Waals surface area (Å²) in [4.78, 5) is 2.06. The van der Waals surface area contributed by atoms with Crippen LogP contribution in [0, 0.1) is 0 Å². The van der Waals surface area contributed by atoms with E-state index >= 15 is 0 Å². The second-order valence-electron chi connectivity index (χ2n) is 3.85. The van der Waals surface area contributed by atoms with E-state index in [1.807, 2.05) is 39.2 Å². The minimum atomic E-state index is 0.176. The van der Waals surface area contributed by atoms with Gasteiger partial charge in [0, 0.05) is 30.8 Å². The molecule has 2 N–H and O–H groups in total. The Morgan fingerprint density at radius 1 is 1.43 bits per heavy atom. The Balaban J connectivity index is 3.02. The van der Waals surface area contributed by atoms with Crippen LogP contribution in [0.3, 0.4) is 0 Å². The number of hydrogen-bond acceptors (Lipinski definition) is 2. The molecular formula is C11H17ClN2. The Hall–Kier alpha value is -0.730. The van der Waals surface area contributed by atoms with E-state index in [-0.39, 0.29) is 6.04 Å². The fraction of sp³-hybridized carbons (Fsp3) is 0.455. The monoisotopic (exact) mass is 212 g/mol. The zero-order valence-corrected chi connectivity index (χ0v) is 9.67. The van der Waals surface area contributed by atoms with Crippen LogP contribution in [-0.2, 0) is 6.42 Å². The molecule has 1 rings (SSSR count). The summed E-state index contributed by atoms with van der Waals surface area (Å²) in [5.41, 5.74) is 8.17. The third-order valence-corrected chi connectivity index (χ3v) is 2.31. The molecule has 2 nitrogen and oxygen atoms in total. The fourth-order valence-corrected chi connectivity index (χ4v) is 1.64. The molecule has 0 fully saturated rings. The predicted molar refractivity (Wildman–Crippen MR) is 63.1 cm³/mol. The second-order valence-corrected chi connectivity index (χ2v) is 4.29. The van der Waals surface area contributed by atoms with Crippen LogP contribution < -0.4 is 10.6 Å². The summed E-state index contributed by atoms with van der Waals surface area (Å²) in [6.45, 7) is 2.01. The number of halogens is 1. The van der Waals surface area contributed by atoms with Crippen LogP contribution in [0.25, 0.3) is 0 Å². The van der Waals surface area contributed by atoms with Gasteiger partial charge < -0.3 is 10.6 Å². The van der Waals surface area contributed by atoms with Gasteiger partial charge in [-0.05, 0) is 31.0 Å². The maximum absolute atomic E-state index is 5.94. The Morgan fingerprint density at radius 3 is 2.57 bits per heavy atom. The molecule has 0 heterocycles.